The van der Waals surface area contributed by atoms with E-state index in [1.807, 2.05) is 6.07 Å². The van der Waals surface area contributed by atoms with Crippen molar-refractivity contribution in [1.82, 2.24) is 24.8 Å². The van der Waals surface area contributed by atoms with E-state index in [9.17, 15) is 4.79 Å². The molecule has 0 unspecified atom stereocenters. The highest BCUT2D eigenvalue weighted by Gasteiger charge is 2.23. The van der Waals surface area contributed by atoms with Gasteiger partial charge < -0.3 is 20.3 Å². The van der Waals surface area contributed by atoms with Gasteiger partial charge in [-0.1, -0.05) is 6.92 Å². The van der Waals surface area contributed by atoms with Gasteiger partial charge in [-0.2, -0.15) is 0 Å². The Labute approximate surface area is 217 Å². The number of fused-ring (bicyclic) bond motifs is 1. The fraction of sp³-hybridized carbons (Fsp3) is 0.269. The highest BCUT2D eigenvalue weighted by atomic mass is 19.1. The number of hydrogen-bond acceptors (Lipinski definition) is 8. The Morgan fingerprint density at radius 2 is 2.00 bits per heavy atom. The first-order valence-corrected chi connectivity index (χ1v) is 12.0. The highest BCUT2D eigenvalue weighted by molar-refractivity contribution is 5.95. The predicted octanol–water partition coefficient (Wildman–Crippen LogP) is 4.96. The summed E-state index contributed by atoms with van der Waals surface area (Å²) in [7, 11) is 0. The zero-order valence-corrected chi connectivity index (χ0v) is 20.8. The van der Waals surface area contributed by atoms with Gasteiger partial charge in [-0.15, -0.1) is 0 Å². The van der Waals surface area contributed by atoms with E-state index in [1.54, 1.807) is 26.1 Å². The molecule has 4 aromatic rings. The fourth-order valence-electron chi connectivity index (χ4n) is 4.40. The van der Waals surface area contributed by atoms with Crippen LogP contribution < -0.4 is 20.3 Å². The Hall–Kier alpha value is -4.63. The summed E-state index contributed by atoms with van der Waals surface area (Å²) in [5, 5.41) is 6.16. The Balaban J connectivity index is 1.44. The average Bonchev–Trinajstić information content (AvgIpc) is 3.30. The number of aryl methyl sites for hydroxylation is 1. The summed E-state index contributed by atoms with van der Waals surface area (Å²) in [6.07, 6.45) is 3.01. The molecule has 38 heavy (non-hydrogen) atoms. The number of nitrogens with zero attached hydrogens (tertiary/aromatic N) is 6. The van der Waals surface area contributed by atoms with Crippen LogP contribution in [0, 0.1) is 25.1 Å². The summed E-state index contributed by atoms with van der Waals surface area (Å²) >= 11 is 0. The standard InChI is InChI=1S/C26H24F2N8O2/c1-4-21(37)36-15(2)11-17-22(28)19(12-18(27)24(17)36)38-26-23(29-3)25(32-14-33-26)34-20-6-5-16(13-31-20)35-9-7-30-8-10-35/h5-6,11-14,30H,4,7-10H2,1-2H3,(H,31,32,33,34). The molecule has 194 valence electrons. The lowest BCUT2D eigenvalue weighted by Crippen LogP contribution is -2.43. The first kappa shape index (κ1) is 25.0. The summed E-state index contributed by atoms with van der Waals surface area (Å²) < 4.78 is 37.2. The number of aromatic nitrogens is 4. The minimum absolute atomic E-state index is 0.102. The molecule has 1 saturated heterocycles. The first-order valence-electron chi connectivity index (χ1n) is 12.0. The van der Waals surface area contributed by atoms with Gasteiger partial charge in [-0.3, -0.25) is 9.36 Å². The van der Waals surface area contributed by atoms with Crippen molar-refractivity contribution in [1.29, 1.82) is 0 Å². The third-order valence-electron chi connectivity index (χ3n) is 6.26. The van der Waals surface area contributed by atoms with Gasteiger partial charge in [0.2, 0.25) is 11.8 Å². The van der Waals surface area contributed by atoms with Crippen molar-refractivity contribution < 1.29 is 18.3 Å². The van der Waals surface area contributed by atoms with Crippen molar-refractivity contribution in [2.75, 3.05) is 36.4 Å². The van der Waals surface area contributed by atoms with Crippen LogP contribution in [0.4, 0.5) is 31.8 Å². The predicted molar refractivity (Wildman–Crippen MR) is 138 cm³/mol. The van der Waals surface area contributed by atoms with Crippen molar-refractivity contribution in [3.63, 3.8) is 0 Å². The highest BCUT2D eigenvalue weighted by Crippen LogP contribution is 2.39. The SMILES string of the molecule is [C-]#[N+]c1c(Nc2ccc(N3CCNCC3)cn2)ncnc1Oc1cc(F)c2c(cc(C)n2C(=O)CC)c1F. The summed E-state index contributed by atoms with van der Waals surface area (Å²) in [5.41, 5.74) is 1.08. The second kappa shape index (κ2) is 10.4. The van der Waals surface area contributed by atoms with Gasteiger partial charge in [-0.05, 0) is 25.1 Å². The lowest BCUT2D eigenvalue weighted by atomic mass is 10.2. The molecule has 10 nitrogen and oxygen atoms in total. The van der Waals surface area contributed by atoms with Crippen LogP contribution in [0.25, 0.3) is 15.7 Å². The van der Waals surface area contributed by atoms with E-state index in [1.165, 1.54) is 6.07 Å². The lowest BCUT2D eigenvalue weighted by Gasteiger charge is -2.29. The van der Waals surface area contributed by atoms with E-state index in [2.05, 4.69) is 35.3 Å². The molecular weight excluding hydrogens is 494 g/mol. The van der Waals surface area contributed by atoms with Crippen molar-refractivity contribution >= 4 is 39.8 Å². The molecule has 5 rings (SSSR count). The van der Waals surface area contributed by atoms with Gasteiger partial charge in [0, 0.05) is 49.7 Å². The van der Waals surface area contributed by atoms with Crippen LogP contribution in [-0.2, 0) is 0 Å². The van der Waals surface area contributed by atoms with Gasteiger partial charge in [-0.25, -0.2) is 28.6 Å². The summed E-state index contributed by atoms with van der Waals surface area (Å²) in [6.45, 7) is 14.4. The number of hydrogen-bond donors (Lipinski definition) is 2. The third-order valence-corrected chi connectivity index (χ3v) is 6.26. The quantitative estimate of drug-likeness (QED) is 0.346. The molecule has 0 radical (unpaired) electrons. The number of ether oxygens (including phenoxy) is 1. The first-order chi connectivity index (χ1) is 18.4. The van der Waals surface area contributed by atoms with Gasteiger partial charge >= 0.3 is 0 Å². The number of piperazine rings is 1. The van der Waals surface area contributed by atoms with E-state index in [0.717, 1.165) is 48.8 Å². The summed E-state index contributed by atoms with van der Waals surface area (Å²) in [5.74, 6) is -2.25. The second-order valence-corrected chi connectivity index (χ2v) is 8.65. The van der Waals surface area contributed by atoms with Gasteiger partial charge in [0.15, 0.2) is 17.4 Å². The van der Waals surface area contributed by atoms with Crippen LogP contribution in [-0.4, -0.2) is 51.6 Å². The van der Waals surface area contributed by atoms with Crippen LogP contribution >= 0.6 is 0 Å². The van der Waals surface area contributed by atoms with Gasteiger partial charge in [0.05, 0.1) is 24.0 Å². The van der Waals surface area contributed by atoms with E-state index in [0.29, 0.717) is 11.5 Å². The molecule has 0 spiro atoms. The molecule has 1 aliphatic heterocycles. The minimum atomic E-state index is -0.874. The number of pyridine rings is 1. The smallest absolute Gasteiger partial charge is 0.288 e. The molecule has 0 atom stereocenters. The normalized spacial score (nSPS) is 13.4. The number of halogens is 2. The molecule has 1 fully saturated rings. The number of anilines is 3. The maximum Gasteiger partial charge on any atom is 0.288 e. The summed E-state index contributed by atoms with van der Waals surface area (Å²) in [6, 6.07) is 5.91. The molecule has 0 bridgehead atoms. The Morgan fingerprint density at radius 1 is 1.21 bits per heavy atom. The molecule has 3 aromatic heterocycles. The van der Waals surface area contributed by atoms with E-state index in [-0.39, 0.29) is 40.6 Å². The van der Waals surface area contributed by atoms with Crippen LogP contribution in [0.1, 0.15) is 23.8 Å². The van der Waals surface area contributed by atoms with E-state index in [4.69, 9.17) is 11.3 Å². The number of rotatable bonds is 6. The fourth-order valence-corrected chi connectivity index (χ4v) is 4.40. The molecular formula is C26H24F2N8O2. The minimum Gasteiger partial charge on any atom is -0.446 e. The molecule has 0 saturated carbocycles. The maximum absolute atomic E-state index is 15.4. The molecule has 0 amide bonds. The molecule has 4 heterocycles. The lowest BCUT2D eigenvalue weighted by molar-refractivity contribution is 0.0911. The van der Waals surface area contributed by atoms with Crippen molar-refractivity contribution in [3.05, 3.63) is 65.5 Å². The Bertz CT molecular complexity index is 1560. The number of carbonyl (C=O) groups excluding carboxylic acids is 1. The van der Waals surface area contributed by atoms with Crippen LogP contribution in [0.5, 0.6) is 11.6 Å². The zero-order chi connectivity index (χ0) is 26.8. The largest absolute Gasteiger partial charge is 0.446 e. The van der Waals surface area contributed by atoms with Gasteiger partial charge in [0.25, 0.3) is 5.69 Å². The number of benzene rings is 1. The van der Waals surface area contributed by atoms with Crippen molar-refractivity contribution in [2.45, 2.75) is 20.3 Å². The number of nitrogens with one attached hydrogen (secondary N) is 2. The summed E-state index contributed by atoms with van der Waals surface area (Å²) in [4.78, 5) is 30.5. The third kappa shape index (κ3) is 4.59. The van der Waals surface area contributed by atoms with Gasteiger partial charge in [0.1, 0.15) is 18.0 Å². The van der Waals surface area contributed by atoms with E-state index < -0.39 is 17.4 Å². The second-order valence-electron chi connectivity index (χ2n) is 8.65. The maximum atomic E-state index is 15.4. The molecule has 1 aromatic carbocycles. The van der Waals surface area contributed by atoms with Crippen LogP contribution in [0.3, 0.4) is 0 Å². The molecule has 2 N–H and O–H groups in total. The van der Waals surface area contributed by atoms with E-state index >= 15 is 8.78 Å². The molecule has 0 aliphatic carbocycles. The van der Waals surface area contributed by atoms with Crippen molar-refractivity contribution in [2.24, 2.45) is 0 Å². The average molecular weight is 519 g/mol. The van der Waals surface area contributed by atoms with Crippen LogP contribution in [0.15, 0.2) is 36.8 Å². The molecule has 1 aliphatic rings. The zero-order valence-electron chi connectivity index (χ0n) is 20.8. The Morgan fingerprint density at radius 3 is 2.68 bits per heavy atom. The molecule has 12 heteroatoms. The Kier molecular flexibility index (Phi) is 6.85. The van der Waals surface area contributed by atoms with Crippen molar-refractivity contribution in [3.8, 4) is 11.6 Å². The topological polar surface area (TPSA) is 102 Å². The monoisotopic (exact) mass is 518 g/mol. The van der Waals surface area contributed by atoms with Crippen LogP contribution in [0.2, 0.25) is 0 Å². The number of carbonyl (C=O) groups is 1.